The van der Waals surface area contributed by atoms with Crippen LogP contribution in [0.5, 0.6) is 5.75 Å². The largest absolute Gasteiger partial charge is 0.489 e. The molecule has 0 bridgehead atoms. The van der Waals surface area contributed by atoms with Crippen LogP contribution in [0.3, 0.4) is 0 Å². The Hall–Kier alpha value is -2.24. The molecule has 0 spiro atoms. The zero-order valence-electron chi connectivity index (χ0n) is 15.7. The maximum Gasteiger partial charge on any atom is 0.253 e. The van der Waals surface area contributed by atoms with Crippen LogP contribution in [0.25, 0.3) is 0 Å². The molecule has 1 aliphatic rings. The number of anilines is 1. The number of rotatable bonds is 7. The van der Waals surface area contributed by atoms with Gasteiger partial charge in [0.15, 0.2) is 0 Å². The Kier molecular flexibility index (Phi) is 6.67. The summed E-state index contributed by atoms with van der Waals surface area (Å²) in [5.41, 5.74) is 1.46. The van der Waals surface area contributed by atoms with E-state index in [4.69, 9.17) is 4.74 Å². The normalized spacial score (nSPS) is 16.0. The highest BCUT2D eigenvalue weighted by molar-refractivity contribution is 5.95. The molecule has 0 fully saturated rings. The summed E-state index contributed by atoms with van der Waals surface area (Å²) in [6.45, 7) is 3.33. The molecular formula is C19H29N3O3. The molecule has 0 aliphatic carbocycles. The van der Waals surface area contributed by atoms with Gasteiger partial charge in [-0.05, 0) is 24.6 Å². The predicted molar refractivity (Wildman–Crippen MR) is 99.3 cm³/mol. The van der Waals surface area contributed by atoms with E-state index in [1.54, 1.807) is 25.1 Å². The van der Waals surface area contributed by atoms with E-state index >= 15 is 0 Å². The zero-order chi connectivity index (χ0) is 18.4. The minimum Gasteiger partial charge on any atom is -0.489 e. The Labute approximate surface area is 150 Å². The van der Waals surface area contributed by atoms with Crippen molar-refractivity contribution in [2.75, 3.05) is 39.2 Å². The third-order valence-electron chi connectivity index (χ3n) is 4.49. The molecule has 1 unspecified atom stereocenters. The highest BCUT2D eigenvalue weighted by atomic mass is 16.5. The van der Waals surface area contributed by atoms with Crippen molar-refractivity contribution in [3.05, 3.63) is 23.8 Å². The molecule has 1 atom stereocenters. The first-order valence-corrected chi connectivity index (χ1v) is 8.92. The number of hydrogen-bond donors (Lipinski definition) is 1. The fourth-order valence-corrected chi connectivity index (χ4v) is 2.89. The minimum absolute atomic E-state index is 0.0385. The monoisotopic (exact) mass is 347 g/mol. The number of hydrogen-bond acceptors (Lipinski definition) is 4. The lowest BCUT2D eigenvalue weighted by Crippen LogP contribution is -2.44. The van der Waals surface area contributed by atoms with Crippen molar-refractivity contribution < 1.29 is 14.3 Å². The van der Waals surface area contributed by atoms with E-state index < -0.39 is 0 Å². The number of nitrogens with zero attached hydrogens (tertiary/aromatic N) is 2. The van der Waals surface area contributed by atoms with Crippen molar-refractivity contribution in [1.29, 1.82) is 0 Å². The maximum absolute atomic E-state index is 12.2. The lowest BCUT2D eigenvalue weighted by Gasteiger charge is -2.35. The van der Waals surface area contributed by atoms with Gasteiger partial charge in [-0.2, -0.15) is 0 Å². The average molecular weight is 347 g/mol. The Morgan fingerprint density at radius 1 is 1.32 bits per heavy atom. The Morgan fingerprint density at radius 2 is 2.08 bits per heavy atom. The lowest BCUT2D eigenvalue weighted by atomic mass is 10.1. The molecule has 0 radical (unpaired) electrons. The summed E-state index contributed by atoms with van der Waals surface area (Å²) < 4.78 is 5.80. The molecule has 0 aromatic heterocycles. The summed E-state index contributed by atoms with van der Waals surface area (Å²) in [6.07, 6.45) is 3.66. The Morgan fingerprint density at radius 3 is 2.76 bits per heavy atom. The maximum atomic E-state index is 12.2. The molecule has 1 N–H and O–H groups in total. The molecule has 0 saturated heterocycles. The number of benzene rings is 1. The first kappa shape index (κ1) is 19.1. The van der Waals surface area contributed by atoms with E-state index in [0.717, 1.165) is 37.2 Å². The van der Waals surface area contributed by atoms with E-state index in [2.05, 4.69) is 12.2 Å². The van der Waals surface area contributed by atoms with Gasteiger partial charge in [-0.3, -0.25) is 9.59 Å². The third kappa shape index (κ3) is 4.87. The smallest absolute Gasteiger partial charge is 0.253 e. The van der Waals surface area contributed by atoms with Gasteiger partial charge < -0.3 is 19.9 Å². The number of carbonyl (C=O) groups excluding carboxylic acids is 2. The van der Waals surface area contributed by atoms with Crippen LogP contribution in [-0.4, -0.2) is 57.1 Å². The lowest BCUT2D eigenvalue weighted by molar-refractivity contribution is -0.121. The van der Waals surface area contributed by atoms with Gasteiger partial charge in [0, 0.05) is 33.3 Å². The number of carbonyl (C=O) groups is 2. The summed E-state index contributed by atoms with van der Waals surface area (Å²) in [5, 5.41) is 2.97. The van der Waals surface area contributed by atoms with Crippen LogP contribution in [0.2, 0.25) is 0 Å². The van der Waals surface area contributed by atoms with E-state index in [0.29, 0.717) is 18.6 Å². The highest BCUT2D eigenvalue weighted by Crippen LogP contribution is 2.34. The fourth-order valence-electron chi connectivity index (χ4n) is 2.89. The molecule has 6 heteroatoms. The average Bonchev–Trinajstić information content (AvgIpc) is 2.60. The predicted octanol–water partition coefficient (Wildman–Crippen LogP) is 2.28. The van der Waals surface area contributed by atoms with E-state index in [1.165, 1.54) is 0 Å². The molecule has 1 aromatic carbocycles. The van der Waals surface area contributed by atoms with Crippen molar-refractivity contribution in [2.45, 2.75) is 38.6 Å². The molecule has 2 rings (SSSR count). The Bertz CT molecular complexity index is 616. The number of nitrogens with one attached hydrogen (secondary N) is 1. The van der Waals surface area contributed by atoms with Crippen molar-refractivity contribution in [3.8, 4) is 5.75 Å². The molecular weight excluding hydrogens is 318 g/mol. The Balaban J connectivity index is 2.01. The summed E-state index contributed by atoms with van der Waals surface area (Å²) in [7, 11) is 5.40. The van der Waals surface area contributed by atoms with Crippen LogP contribution in [0, 0.1) is 0 Å². The van der Waals surface area contributed by atoms with Crippen LogP contribution in [0.15, 0.2) is 18.2 Å². The number of likely N-dealkylation sites (N-methyl/N-ethyl adjacent to an activating group) is 1. The standard InChI is InChI=1S/C19H29N3O3/c1-5-6-7-10-20-18(23)12-15-13-25-17-9-8-14(19(24)21(2)3)11-16(17)22(15)4/h8-9,11,15H,5-7,10,12-13H2,1-4H3,(H,20,23). The van der Waals surface area contributed by atoms with Crippen molar-refractivity contribution in [2.24, 2.45) is 0 Å². The van der Waals surface area contributed by atoms with Crippen molar-refractivity contribution in [3.63, 3.8) is 0 Å². The van der Waals surface area contributed by atoms with Gasteiger partial charge in [-0.15, -0.1) is 0 Å². The number of fused-ring (bicyclic) bond motifs is 1. The van der Waals surface area contributed by atoms with Crippen LogP contribution in [-0.2, 0) is 4.79 Å². The fraction of sp³-hybridized carbons (Fsp3) is 0.579. The second-order valence-corrected chi connectivity index (χ2v) is 6.72. The number of unbranched alkanes of at least 4 members (excludes halogenated alkanes) is 2. The second kappa shape index (κ2) is 8.74. The molecule has 138 valence electrons. The van der Waals surface area contributed by atoms with Crippen LogP contribution in [0.1, 0.15) is 43.0 Å². The van der Waals surface area contributed by atoms with Gasteiger partial charge in [-0.1, -0.05) is 19.8 Å². The van der Waals surface area contributed by atoms with Crippen molar-refractivity contribution >= 4 is 17.5 Å². The quantitative estimate of drug-likeness (QED) is 0.769. The first-order valence-electron chi connectivity index (χ1n) is 8.92. The van der Waals surface area contributed by atoms with Gasteiger partial charge in [0.05, 0.1) is 18.2 Å². The molecule has 25 heavy (non-hydrogen) atoms. The second-order valence-electron chi connectivity index (χ2n) is 6.72. The molecule has 1 aliphatic heterocycles. The minimum atomic E-state index is -0.0491. The van der Waals surface area contributed by atoms with Gasteiger partial charge >= 0.3 is 0 Å². The number of amides is 2. The summed E-state index contributed by atoms with van der Waals surface area (Å²) in [6, 6.07) is 5.39. The van der Waals surface area contributed by atoms with Crippen LogP contribution >= 0.6 is 0 Å². The summed E-state index contributed by atoms with van der Waals surface area (Å²) in [4.78, 5) is 27.9. The van der Waals surface area contributed by atoms with E-state index in [1.807, 2.05) is 24.1 Å². The molecule has 1 aromatic rings. The van der Waals surface area contributed by atoms with E-state index in [9.17, 15) is 9.59 Å². The van der Waals surface area contributed by atoms with Gasteiger partial charge in [0.1, 0.15) is 12.4 Å². The first-order chi connectivity index (χ1) is 11.9. The zero-order valence-corrected chi connectivity index (χ0v) is 15.7. The highest BCUT2D eigenvalue weighted by Gasteiger charge is 2.27. The van der Waals surface area contributed by atoms with E-state index in [-0.39, 0.29) is 17.9 Å². The van der Waals surface area contributed by atoms with Gasteiger partial charge in [0.2, 0.25) is 5.91 Å². The van der Waals surface area contributed by atoms with Gasteiger partial charge in [-0.25, -0.2) is 0 Å². The third-order valence-corrected chi connectivity index (χ3v) is 4.49. The molecule has 2 amide bonds. The molecule has 0 saturated carbocycles. The molecule has 6 nitrogen and oxygen atoms in total. The summed E-state index contributed by atoms with van der Waals surface area (Å²) in [5.74, 6) is 0.741. The SMILES string of the molecule is CCCCCNC(=O)CC1COc2ccc(C(=O)N(C)C)cc2N1C. The topological polar surface area (TPSA) is 61.9 Å². The van der Waals surface area contributed by atoms with Crippen molar-refractivity contribution in [1.82, 2.24) is 10.2 Å². The molecule has 1 heterocycles. The van der Waals surface area contributed by atoms with Gasteiger partial charge in [0.25, 0.3) is 5.91 Å². The summed E-state index contributed by atoms with van der Waals surface area (Å²) >= 11 is 0. The van der Waals surface area contributed by atoms with Crippen LogP contribution in [0.4, 0.5) is 5.69 Å². The number of ether oxygens (including phenoxy) is 1. The van der Waals surface area contributed by atoms with Crippen LogP contribution < -0.4 is 15.0 Å².